The summed E-state index contributed by atoms with van der Waals surface area (Å²) in [5.41, 5.74) is 3.56. The lowest BCUT2D eigenvalue weighted by Gasteiger charge is -2.16. The average molecular weight is 421 g/mol. The van der Waals surface area contributed by atoms with Crippen LogP contribution in [0.3, 0.4) is 0 Å². The fourth-order valence-corrected chi connectivity index (χ4v) is 3.19. The van der Waals surface area contributed by atoms with Gasteiger partial charge in [-0.1, -0.05) is 29.8 Å². The quantitative estimate of drug-likeness (QED) is 0.527. The molecule has 0 heterocycles. The van der Waals surface area contributed by atoms with E-state index >= 15 is 0 Å². The molecule has 0 bridgehead atoms. The molecule has 0 fully saturated rings. The van der Waals surface area contributed by atoms with E-state index in [1.54, 1.807) is 0 Å². The highest BCUT2D eigenvalue weighted by Gasteiger charge is 2.12. The van der Waals surface area contributed by atoms with Gasteiger partial charge >= 0.3 is 0 Å². The van der Waals surface area contributed by atoms with Crippen LogP contribution < -0.4 is 20.1 Å². The van der Waals surface area contributed by atoms with E-state index in [0.717, 1.165) is 47.6 Å². The minimum Gasteiger partial charge on any atom is -0.490 e. The number of aryl methyl sites for hydroxylation is 1. The molecule has 0 saturated heterocycles. The van der Waals surface area contributed by atoms with Gasteiger partial charge in [0.1, 0.15) is 6.61 Å². The molecule has 0 unspecified atom stereocenters. The van der Waals surface area contributed by atoms with Crippen LogP contribution in [-0.2, 0) is 13.2 Å². The number of ether oxygens (including phenoxy) is 2. The molecule has 2 aromatic carbocycles. The predicted molar refractivity (Wildman–Crippen MR) is 111 cm³/mol. The summed E-state index contributed by atoms with van der Waals surface area (Å²) < 4.78 is 12.8. The van der Waals surface area contributed by atoms with E-state index in [4.69, 9.17) is 9.47 Å². The first-order chi connectivity index (χ1) is 12.6. The lowest BCUT2D eigenvalue weighted by atomic mass is 10.1. The summed E-state index contributed by atoms with van der Waals surface area (Å²) in [6.45, 7) is 7.99. The number of hydrogen-bond acceptors (Lipinski definition) is 4. The molecular formula is C21H29BrN2O2. The fourth-order valence-electron chi connectivity index (χ4n) is 2.59. The highest BCUT2D eigenvalue weighted by Crippen LogP contribution is 2.37. The second kappa shape index (κ2) is 11.2. The van der Waals surface area contributed by atoms with Crippen LogP contribution in [0.2, 0.25) is 0 Å². The van der Waals surface area contributed by atoms with Crippen LogP contribution in [0.25, 0.3) is 0 Å². The summed E-state index contributed by atoms with van der Waals surface area (Å²) in [4.78, 5) is 0. The zero-order valence-electron chi connectivity index (χ0n) is 15.9. The zero-order chi connectivity index (χ0) is 18.8. The summed E-state index contributed by atoms with van der Waals surface area (Å²) in [6, 6.07) is 12.5. The number of rotatable bonds is 11. The lowest BCUT2D eigenvalue weighted by molar-refractivity contribution is 0.267. The van der Waals surface area contributed by atoms with Crippen molar-refractivity contribution < 1.29 is 9.47 Å². The summed E-state index contributed by atoms with van der Waals surface area (Å²) in [6.07, 6.45) is 1.10. The maximum Gasteiger partial charge on any atom is 0.175 e. The van der Waals surface area contributed by atoms with Crippen molar-refractivity contribution in [1.82, 2.24) is 10.6 Å². The van der Waals surface area contributed by atoms with E-state index in [-0.39, 0.29) is 0 Å². The molecule has 2 rings (SSSR count). The summed E-state index contributed by atoms with van der Waals surface area (Å²) >= 11 is 3.64. The predicted octanol–water partition coefficient (Wildman–Crippen LogP) is 4.43. The van der Waals surface area contributed by atoms with Crippen LogP contribution in [0.4, 0.5) is 0 Å². The van der Waals surface area contributed by atoms with Crippen LogP contribution in [0.5, 0.6) is 11.5 Å². The largest absolute Gasteiger partial charge is 0.490 e. The Bertz CT molecular complexity index is 674. The minimum absolute atomic E-state index is 0.514. The van der Waals surface area contributed by atoms with Gasteiger partial charge in [-0.3, -0.25) is 0 Å². The molecule has 0 amide bonds. The topological polar surface area (TPSA) is 42.5 Å². The maximum absolute atomic E-state index is 6.06. The summed E-state index contributed by atoms with van der Waals surface area (Å²) in [5, 5.41) is 6.61. The van der Waals surface area contributed by atoms with E-state index in [1.165, 1.54) is 11.1 Å². The molecule has 0 radical (unpaired) electrons. The van der Waals surface area contributed by atoms with Gasteiger partial charge in [-0.2, -0.15) is 0 Å². The van der Waals surface area contributed by atoms with Crippen LogP contribution in [-0.4, -0.2) is 26.7 Å². The second-order valence-electron chi connectivity index (χ2n) is 6.25. The summed E-state index contributed by atoms with van der Waals surface area (Å²) in [5.74, 6) is 1.53. The second-order valence-corrected chi connectivity index (χ2v) is 7.10. The Morgan fingerprint density at radius 2 is 1.77 bits per heavy atom. The van der Waals surface area contributed by atoms with Crippen LogP contribution in [0.1, 0.15) is 30.0 Å². The van der Waals surface area contributed by atoms with Crippen molar-refractivity contribution in [2.24, 2.45) is 0 Å². The third-order valence-corrected chi connectivity index (χ3v) is 4.57. The monoisotopic (exact) mass is 420 g/mol. The van der Waals surface area contributed by atoms with Crippen molar-refractivity contribution in [2.45, 2.75) is 33.4 Å². The zero-order valence-corrected chi connectivity index (χ0v) is 17.5. The van der Waals surface area contributed by atoms with Gasteiger partial charge in [0, 0.05) is 6.54 Å². The molecule has 26 heavy (non-hydrogen) atoms. The average Bonchev–Trinajstić information content (AvgIpc) is 2.62. The van der Waals surface area contributed by atoms with Crippen molar-refractivity contribution in [2.75, 3.05) is 26.7 Å². The Morgan fingerprint density at radius 1 is 1.00 bits per heavy atom. The van der Waals surface area contributed by atoms with Gasteiger partial charge < -0.3 is 20.1 Å². The van der Waals surface area contributed by atoms with E-state index in [9.17, 15) is 0 Å². The normalized spacial score (nSPS) is 10.8. The Labute approximate surface area is 165 Å². The SMILES string of the molecule is CCOc1cc(CNCCCNC)cc(Br)c1OCc1ccc(C)cc1. The molecule has 5 heteroatoms. The molecule has 2 N–H and O–H groups in total. The standard InChI is InChI=1S/C21H29BrN2O2/c1-4-25-20-13-18(14-24-11-5-10-23-3)12-19(22)21(20)26-15-17-8-6-16(2)7-9-17/h6-9,12-13,23-24H,4-5,10-11,14-15H2,1-3H3. The van der Waals surface area contributed by atoms with Crippen molar-refractivity contribution in [3.63, 3.8) is 0 Å². The Hall–Kier alpha value is -1.56. The maximum atomic E-state index is 6.06. The van der Waals surface area contributed by atoms with Gasteiger partial charge in [0.15, 0.2) is 11.5 Å². The van der Waals surface area contributed by atoms with E-state index < -0.39 is 0 Å². The van der Waals surface area contributed by atoms with Gasteiger partial charge in [-0.25, -0.2) is 0 Å². The van der Waals surface area contributed by atoms with Crippen molar-refractivity contribution in [1.29, 1.82) is 0 Å². The fraction of sp³-hybridized carbons (Fsp3) is 0.429. The molecule has 0 aliphatic heterocycles. The van der Waals surface area contributed by atoms with Gasteiger partial charge in [-0.05, 0) is 79.6 Å². The van der Waals surface area contributed by atoms with Crippen LogP contribution in [0.15, 0.2) is 40.9 Å². The lowest BCUT2D eigenvalue weighted by Crippen LogP contribution is -2.19. The van der Waals surface area contributed by atoms with Crippen molar-refractivity contribution in [3.05, 3.63) is 57.6 Å². The third kappa shape index (κ3) is 6.63. The number of hydrogen-bond donors (Lipinski definition) is 2. The van der Waals surface area contributed by atoms with E-state index in [1.807, 2.05) is 14.0 Å². The Kier molecular flexibility index (Phi) is 8.95. The van der Waals surface area contributed by atoms with Crippen molar-refractivity contribution >= 4 is 15.9 Å². The van der Waals surface area contributed by atoms with E-state index in [2.05, 4.69) is 69.9 Å². The molecule has 0 spiro atoms. The van der Waals surface area contributed by atoms with Gasteiger partial charge in [0.25, 0.3) is 0 Å². The first kappa shape index (κ1) is 20.7. The molecule has 0 aromatic heterocycles. The smallest absolute Gasteiger partial charge is 0.175 e. The molecule has 0 atom stereocenters. The number of halogens is 1. The Balaban J connectivity index is 2.03. The highest BCUT2D eigenvalue weighted by atomic mass is 79.9. The molecule has 0 aliphatic rings. The van der Waals surface area contributed by atoms with Gasteiger partial charge in [-0.15, -0.1) is 0 Å². The molecule has 0 saturated carbocycles. The van der Waals surface area contributed by atoms with Crippen LogP contribution >= 0.6 is 15.9 Å². The van der Waals surface area contributed by atoms with Gasteiger partial charge in [0.05, 0.1) is 11.1 Å². The molecular weight excluding hydrogens is 392 g/mol. The highest BCUT2D eigenvalue weighted by molar-refractivity contribution is 9.10. The van der Waals surface area contributed by atoms with Gasteiger partial charge in [0.2, 0.25) is 0 Å². The minimum atomic E-state index is 0.514. The van der Waals surface area contributed by atoms with Crippen molar-refractivity contribution in [3.8, 4) is 11.5 Å². The first-order valence-corrected chi connectivity index (χ1v) is 9.92. The third-order valence-electron chi connectivity index (χ3n) is 3.98. The summed E-state index contributed by atoms with van der Waals surface area (Å²) in [7, 11) is 1.97. The molecule has 2 aromatic rings. The molecule has 0 aliphatic carbocycles. The Morgan fingerprint density at radius 3 is 2.46 bits per heavy atom. The van der Waals surface area contributed by atoms with E-state index in [0.29, 0.717) is 13.2 Å². The molecule has 4 nitrogen and oxygen atoms in total. The molecule has 142 valence electrons. The number of benzene rings is 2. The number of nitrogens with one attached hydrogen (secondary N) is 2. The van der Waals surface area contributed by atoms with Crippen LogP contribution in [0, 0.1) is 6.92 Å². The first-order valence-electron chi connectivity index (χ1n) is 9.13.